The average molecular weight is 346 g/mol. The second-order valence-electron chi connectivity index (χ2n) is 4.73. The standard InChI is InChI=1S/C16H16BrN3O/c17-13-3-1-4-14(9-13)21-8-7-20-11-12(10-18)15-5-2-6-19-16(15)20/h1-6,9,11H,7-8,10,18H2. The summed E-state index contributed by atoms with van der Waals surface area (Å²) in [6.07, 6.45) is 3.86. The van der Waals surface area contributed by atoms with E-state index >= 15 is 0 Å². The largest absolute Gasteiger partial charge is 0.492 e. The highest BCUT2D eigenvalue weighted by atomic mass is 79.9. The van der Waals surface area contributed by atoms with E-state index in [-0.39, 0.29) is 0 Å². The lowest BCUT2D eigenvalue weighted by Gasteiger charge is -2.08. The van der Waals surface area contributed by atoms with Gasteiger partial charge in [0.25, 0.3) is 0 Å². The lowest BCUT2D eigenvalue weighted by atomic mass is 10.2. The molecule has 0 spiro atoms. The zero-order valence-electron chi connectivity index (χ0n) is 11.5. The van der Waals surface area contributed by atoms with Crippen molar-refractivity contribution in [2.75, 3.05) is 6.61 Å². The maximum atomic E-state index is 5.79. The topological polar surface area (TPSA) is 53.1 Å². The van der Waals surface area contributed by atoms with Crippen molar-refractivity contribution >= 4 is 27.0 Å². The van der Waals surface area contributed by atoms with Gasteiger partial charge in [-0.15, -0.1) is 0 Å². The Morgan fingerprint density at radius 1 is 1.24 bits per heavy atom. The van der Waals surface area contributed by atoms with Crippen LogP contribution >= 0.6 is 15.9 Å². The van der Waals surface area contributed by atoms with E-state index < -0.39 is 0 Å². The van der Waals surface area contributed by atoms with E-state index in [4.69, 9.17) is 10.5 Å². The van der Waals surface area contributed by atoms with Gasteiger partial charge in [0.05, 0.1) is 6.54 Å². The lowest BCUT2D eigenvalue weighted by Crippen LogP contribution is -2.07. The fourth-order valence-electron chi connectivity index (χ4n) is 2.35. The van der Waals surface area contributed by atoms with Crippen LogP contribution in [0.2, 0.25) is 0 Å². The van der Waals surface area contributed by atoms with E-state index in [2.05, 4.69) is 37.7 Å². The van der Waals surface area contributed by atoms with Crippen LogP contribution in [-0.4, -0.2) is 16.2 Å². The molecular formula is C16H16BrN3O. The molecule has 4 nitrogen and oxygen atoms in total. The molecule has 1 aromatic carbocycles. The van der Waals surface area contributed by atoms with Gasteiger partial charge in [-0.3, -0.25) is 0 Å². The average Bonchev–Trinajstić information content (AvgIpc) is 2.86. The van der Waals surface area contributed by atoms with Crippen molar-refractivity contribution in [3.63, 3.8) is 0 Å². The van der Waals surface area contributed by atoms with E-state index in [1.165, 1.54) is 0 Å². The minimum Gasteiger partial charge on any atom is -0.492 e. The highest BCUT2D eigenvalue weighted by molar-refractivity contribution is 9.10. The third-order valence-electron chi connectivity index (χ3n) is 3.33. The van der Waals surface area contributed by atoms with Gasteiger partial charge in [-0.05, 0) is 35.9 Å². The van der Waals surface area contributed by atoms with Crippen LogP contribution in [0.5, 0.6) is 5.75 Å². The molecule has 0 aliphatic carbocycles. The van der Waals surface area contributed by atoms with Gasteiger partial charge in [-0.25, -0.2) is 4.98 Å². The molecule has 0 aliphatic rings. The van der Waals surface area contributed by atoms with Gasteiger partial charge in [-0.1, -0.05) is 22.0 Å². The number of hydrogen-bond acceptors (Lipinski definition) is 3. The number of hydrogen-bond donors (Lipinski definition) is 1. The van der Waals surface area contributed by atoms with Gasteiger partial charge in [0, 0.05) is 28.8 Å². The normalized spacial score (nSPS) is 11.0. The molecule has 2 N–H and O–H groups in total. The lowest BCUT2D eigenvalue weighted by molar-refractivity contribution is 0.300. The smallest absolute Gasteiger partial charge is 0.140 e. The zero-order chi connectivity index (χ0) is 14.7. The van der Waals surface area contributed by atoms with Crippen molar-refractivity contribution in [1.29, 1.82) is 0 Å². The van der Waals surface area contributed by atoms with Gasteiger partial charge in [0.1, 0.15) is 18.0 Å². The van der Waals surface area contributed by atoms with Gasteiger partial charge >= 0.3 is 0 Å². The molecule has 2 heterocycles. The van der Waals surface area contributed by atoms with E-state index in [0.717, 1.165) is 33.4 Å². The molecule has 3 rings (SSSR count). The summed E-state index contributed by atoms with van der Waals surface area (Å²) in [7, 11) is 0. The summed E-state index contributed by atoms with van der Waals surface area (Å²) >= 11 is 3.44. The Morgan fingerprint density at radius 3 is 2.95 bits per heavy atom. The monoisotopic (exact) mass is 345 g/mol. The minimum absolute atomic E-state index is 0.516. The molecule has 5 heteroatoms. The number of benzene rings is 1. The highest BCUT2D eigenvalue weighted by Gasteiger charge is 2.07. The van der Waals surface area contributed by atoms with Crippen LogP contribution in [-0.2, 0) is 13.1 Å². The SMILES string of the molecule is NCc1cn(CCOc2cccc(Br)c2)c2ncccc12. The Labute approximate surface area is 131 Å². The molecular weight excluding hydrogens is 330 g/mol. The first-order valence-corrected chi connectivity index (χ1v) is 7.58. The van der Waals surface area contributed by atoms with E-state index in [1.807, 2.05) is 30.3 Å². The number of rotatable bonds is 5. The Kier molecular flexibility index (Phi) is 4.22. The number of pyridine rings is 1. The summed E-state index contributed by atoms with van der Waals surface area (Å²) < 4.78 is 8.88. The number of aromatic nitrogens is 2. The first-order chi connectivity index (χ1) is 10.3. The van der Waals surface area contributed by atoms with Crippen molar-refractivity contribution in [2.45, 2.75) is 13.1 Å². The van der Waals surface area contributed by atoms with Crippen LogP contribution in [0.4, 0.5) is 0 Å². The molecule has 108 valence electrons. The third kappa shape index (κ3) is 3.09. The first kappa shape index (κ1) is 14.1. The van der Waals surface area contributed by atoms with Gasteiger partial charge < -0.3 is 15.0 Å². The molecule has 0 saturated heterocycles. The van der Waals surface area contributed by atoms with E-state index in [0.29, 0.717) is 13.2 Å². The number of ether oxygens (including phenoxy) is 1. The Balaban J connectivity index is 1.73. The Morgan fingerprint density at radius 2 is 2.14 bits per heavy atom. The summed E-state index contributed by atoms with van der Waals surface area (Å²) in [5, 5.41) is 1.11. The molecule has 2 aromatic heterocycles. The van der Waals surface area contributed by atoms with E-state index in [9.17, 15) is 0 Å². The minimum atomic E-state index is 0.516. The van der Waals surface area contributed by atoms with E-state index in [1.54, 1.807) is 6.20 Å². The fourth-order valence-corrected chi connectivity index (χ4v) is 2.73. The fraction of sp³-hybridized carbons (Fsp3) is 0.188. The molecule has 0 fully saturated rings. The van der Waals surface area contributed by atoms with Crippen molar-refractivity contribution in [2.24, 2.45) is 5.73 Å². The summed E-state index contributed by atoms with van der Waals surface area (Å²) in [6, 6.07) is 11.8. The van der Waals surface area contributed by atoms with Crippen molar-refractivity contribution < 1.29 is 4.74 Å². The zero-order valence-corrected chi connectivity index (χ0v) is 13.1. The molecule has 21 heavy (non-hydrogen) atoms. The summed E-state index contributed by atoms with van der Waals surface area (Å²) in [5.41, 5.74) is 7.85. The van der Waals surface area contributed by atoms with Crippen molar-refractivity contribution in [3.8, 4) is 5.75 Å². The molecule has 0 amide bonds. The Hall–Kier alpha value is -1.85. The van der Waals surface area contributed by atoms with Crippen molar-refractivity contribution in [1.82, 2.24) is 9.55 Å². The predicted octanol–water partition coefficient (Wildman–Crippen LogP) is 3.34. The molecule has 0 atom stereocenters. The van der Waals surface area contributed by atoms with Crippen LogP contribution < -0.4 is 10.5 Å². The number of halogens is 1. The van der Waals surface area contributed by atoms with Crippen molar-refractivity contribution in [3.05, 3.63) is 58.8 Å². The maximum absolute atomic E-state index is 5.79. The van der Waals surface area contributed by atoms with Crippen LogP contribution in [0.3, 0.4) is 0 Å². The predicted molar refractivity (Wildman–Crippen MR) is 87.3 cm³/mol. The molecule has 0 unspecified atom stereocenters. The van der Waals surface area contributed by atoms with Crippen LogP contribution in [0.1, 0.15) is 5.56 Å². The number of nitrogens with two attached hydrogens (primary N) is 1. The van der Waals surface area contributed by atoms with Crippen LogP contribution in [0.25, 0.3) is 11.0 Å². The Bertz CT molecular complexity index is 754. The highest BCUT2D eigenvalue weighted by Crippen LogP contribution is 2.20. The van der Waals surface area contributed by atoms with Gasteiger partial charge in [0.2, 0.25) is 0 Å². The second kappa shape index (κ2) is 6.28. The number of fused-ring (bicyclic) bond motifs is 1. The third-order valence-corrected chi connectivity index (χ3v) is 3.83. The second-order valence-corrected chi connectivity index (χ2v) is 5.65. The van der Waals surface area contributed by atoms with Crippen LogP contribution in [0, 0.1) is 0 Å². The molecule has 0 aliphatic heterocycles. The number of nitrogens with zero attached hydrogens (tertiary/aromatic N) is 2. The van der Waals surface area contributed by atoms with Gasteiger partial charge in [-0.2, -0.15) is 0 Å². The molecule has 0 radical (unpaired) electrons. The summed E-state index contributed by atoms with van der Waals surface area (Å²) in [6.45, 7) is 1.84. The van der Waals surface area contributed by atoms with Gasteiger partial charge in [0.15, 0.2) is 0 Å². The summed E-state index contributed by atoms with van der Waals surface area (Å²) in [5.74, 6) is 0.854. The quantitative estimate of drug-likeness (QED) is 0.771. The maximum Gasteiger partial charge on any atom is 0.140 e. The summed E-state index contributed by atoms with van der Waals surface area (Å²) in [4.78, 5) is 4.43. The van der Waals surface area contributed by atoms with Crippen LogP contribution in [0.15, 0.2) is 53.3 Å². The molecule has 3 aromatic rings. The molecule has 0 bridgehead atoms. The molecule has 0 saturated carbocycles. The first-order valence-electron chi connectivity index (χ1n) is 6.79.